The first-order chi connectivity index (χ1) is 8.00. The smallest absolute Gasteiger partial charge is 0.270 e. The second kappa shape index (κ2) is 4.63. The van der Waals surface area contributed by atoms with Crippen LogP contribution < -0.4 is 5.32 Å². The summed E-state index contributed by atoms with van der Waals surface area (Å²) in [5.74, 6) is 0. The number of halogens is 1. The Labute approximate surface area is 105 Å². The highest BCUT2D eigenvalue weighted by molar-refractivity contribution is 6.31. The van der Waals surface area contributed by atoms with Crippen LogP contribution in [0.5, 0.6) is 0 Å². The molecular formula is C12H15ClN2O2. The van der Waals surface area contributed by atoms with E-state index in [1.807, 2.05) is 0 Å². The maximum Gasteiger partial charge on any atom is 0.270 e. The quantitative estimate of drug-likeness (QED) is 0.649. The van der Waals surface area contributed by atoms with E-state index in [0.717, 1.165) is 12.1 Å². The molecule has 92 valence electrons. The van der Waals surface area contributed by atoms with Gasteiger partial charge in [-0.1, -0.05) is 18.5 Å². The lowest BCUT2D eigenvalue weighted by molar-refractivity contribution is -0.384. The summed E-state index contributed by atoms with van der Waals surface area (Å²) in [5, 5.41) is 14.3. The van der Waals surface area contributed by atoms with Crippen LogP contribution >= 0.6 is 11.6 Å². The molecule has 1 aliphatic carbocycles. The monoisotopic (exact) mass is 254 g/mol. The van der Waals surface area contributed by atoms with Crippen LogP contribution in [0.1, 0.15) is 25.3 Å². The molecular weight excluding hydrogens is 240 g/mol. The number of hydrogen-bond donors (Lipinski definition) is 1. The van der Waals surface area contributed by atoms with Gasteiger partial charge in [0.25, 0.3) is 5.69 Å². The van der Waals surface area contributed by atoms with Crippen LogP contribution in [0.4, 0.5) is 5.69 Å². The fourth-order valence-electron chi connectivity index (χ4n) is 1.68. The molecule has 0 amide bonds. The van der Waals surface area contributed by atoms with Gasteiger partial charge in [0.1, 0.15) is 0 Å². The largest absolute Gasteiger partial charge is 0.312 e. The summed E-state index contributed by atoms with van der Waals surface area (Å²) < 4.78 is 0. The molecule has 2 rings (SSSR count). The molecule has 1 fully saturated rings. The van der Waals surface area contributed by atoms with Gasteiger partial charge in [-0.15, -0.1) is 0 Å². The van der Waals surface area contributed by atoms with Crippen LogP contribution in [0.3, 0.4) is 0 Å². The molecule has 0 radical (unpaired) electrons. The van der Waals surface area contributed by atoms with E-state index in [-0.39, 0.29) is 5.69 Å². The average molecular weight is 255 g/mol. The topological polar surface area (TPSA) is 55.2 Å². The molecule has 5 heteroatoms. The number of rotatable bonds is 5. The van der Waals surface area contributed by atoms with Gasteiger partial charge in [-0.25, -0.2) is 0 Å². The predicted molar refractivity (Wildman–Crippen MR) is 67.2 cm³/mol. The van der Waals surface area contributed by atoms with Gasteiger partial charge < -0.3 is 5.32 Å². The number of non-ortho nitro benzene ring substituents is 1. The summed E-state index contributed by atoms with van der Waals surface area (Å²) in [6, 6.07) is 4.60. The lowest BCUT2D eigenvalue weighted by Gasteiger charge is -2.10. The minimum absolute atomic E-state index is 0.0351. The second-order valence-electron chi connectivity index (χ2n) is 4.95. The van der Waals surface area contributed by atoms with Crippen LogP contribution in [0.15, 0.2) is 18.2 Å². The lowest BCUT2D eigenvalue weighted by atomic mass is 10.1. The molecule has 0 spiro atoms. The van der Waals surface area contributed by atoms with Crippen molar-refractivity contribution in [1.82, 2.24) is 5.32 Å². The molecule has 0 bridgehead atoms. The minimum atomic E-state index is -0.436. The van der Waals surface area contributed by atoms with Gasteiger partial charge in [-0.3, -0.25) is 10.1 Å². The van der Waals surface area contributed by atoms with E-state index in [1.54, 1.807) is 6.07 Å². The first-order valence-corrected chi connectivity index (χ1v) is 6.02. The summed E-state index contributed by atoms with van der Waals surface area (Å²) in [6.45, 7) is 3.88. The third-order valence-electron chi connectivity index (χ3n) is 3.22. The lowest BCUT2D eigenvalue weighted by Crippen LogP contribution is -2.21. The molecule has 0 heterocycles. The zero-order chi connectivity index (χ0) is 12.5. The fraction of sp³-hybridized carbons (Fsp3) is 0.500. The molecule has 0 aliphatic heterocycles. The molecule has 1 aromatic carbocycles. The summed E-state index contributed by atoms with van der Waals surface area (Å²) in [5.41, 5.74) is 1.39. The Bertz CT molecular complexity index is 444. The number of hydrogen-bond acceptors (Lipinski definition) is 3. The molecule has 1 aliphatic rings. The Balaban J connectivity index is 1.94. The van der Waals surface area contributed by atoms with Crippen molar-refractivity contribution < 1.29 is 4.92 Å². The van der Waals surface area contributed by atoms with Crippen LogP contribution in [0.25, 0.3) is 0 Å². The van der Waals surface area contributed by atoms with Gasteiger partial charge in [0.15, 0.2) is 0 Å². The van der Waals surface area contributed by atoms with Crippen molar-refractivity contribution in [3.8, 4) is 0 Å². The van der Waals surface area contributed by atoms with Crippen LogP contribution in [-0.4, -0.2) is 11.5 Å². The van der Waals surface area contributed by atoms with Gasteiger partial charge in [0.05, 0.1) is 9.95 Å². The Morgan fingerprint density at radius 1 is 1.53 bits per heavy atom. The van der Waals surface area contributed by atoms with Gasteiger partial charge in [-0.2, -0.15) is 0 Å². The molecule has 1 saturated carbocycles. The highest BCUT2D eigenvalue weighted by Crippen LogP contribution is 2.44. The van der Waals surface area contributed by atoms with E-state index < -0.39 is 4.92 Å². The number of nitrogens with one attached hydrogen (secondary N) is 1. The Kier molecular flexibility index (Phi) is 3.35. The number of nitro benzene ring substituents is 1. The SMILES string of the molecule is CC1(CNCc2ccc([N+](=O)[O-])cc2Cl)CC1. The molecule has 17 heavy (non-hydrogen) atoms. The minimum Gasteiger partial charge on any atom is -0.312 e. The third-order valence-corrected chi connectivity index (χ3v) is 3.57. The van der Waals surface area contributed by atoms with Gasteiger partial charge >= 0.3 is 0 Å². The zero-order valence-corrected chi connectivity index (χ0v) is 10.5. The van der Waals surface area contributed by atoms with E-state index in [4.69, 9.17) is 11.6 Å². The zero-order valence-electron chi connectivity index (χ0n) is 9.70. The fourth-order valence-corrected chi connectivity index (χ4v) is 1.92. The summed E-state index contributed by atoms with van der Waals surface area (Å²) in [4.78, 5) is 10.1. The Morgan fingerprint density at radius 3 is 2.76 bits per heavy atom. The van der Waals surface area contributed by atoms with E-state index in [9.17, 15) is 10.1 Å². The van der Waals surface area contributed by atoms with Crippen molar-refractivity contribution in [1.29, 1.82) is 0 Å². The molecule has 0 aromatic heterocycles. The Hall–Kier alpha value is -1.13. The van der Waals surface area contributed by atoms with Crippen LogP contribution in [0, 0.1) is 15.5 Å². The Morgan fingerprint density at radius 2 is 2.24 bits per heavy atom. The van der Waals surface area contributed by atoms with E-state index in [0.29, 0.717) is 17.0 Å². The standard InChI is InChI=1S/C12H15ClN2O2/c1-12(4-5-12)8-14-7-9-2-3-10(15(16)17)6-11(9)13/h2-3,6,14H,4-5,7-8H2,1H3. The molecule has 1 aromatic rings. The maximum absolute atomic E-state index is 10.5. The average Bonchev–Trinajstić information content (AvgIpc) is 2.99. The third kappa shape index (κ3) is 3.17. The van der Waals surface area contributed by atoms with Crippen LogP contribution in [0.2, 0.25) is 5.02 Å². The summed E-state index contributed by atoms with van der Waals surface area (Å²) in [6.07, 6.45) is 2.54. The van der Waals surface area contributed by atoms with Crippen molar-refractivity contribution >= 4 is 17.3 Å². The highest BCUT2D eigenvalue weighted by atomic mass is 35.5. The van der Waals surface area contributed by atoms with Gasteiger partial charge in [0.2, 0.25) is 0 Å². The number of benzene rings is 1. The van der Waals surface area contributed by atoms with Crippen LogP contribution in [-0.2, 0) is 6.54 Å². The van der Waals surface area contributed by atoms with E-state index in [2.05, 4.69) is 12.2 Å². The van der Waals surface area contributed by atoms with E-state index >= 15 is 0 Å². The van der Waals surface area contributed by atoms with Crippen molar-refractivity contribution in [2.75, 3.05) is 6.54 Å². The van der Waals surface area contributed by atoms with Crippen molar-refractivity contribution in [3.05, 3.63) is 38.9 Å². The summed E-state index contributed by atoms with van der Waals surface area (Å²) >= 11 is 5.99. The normalized spacial score (nSPS) is 16.8. The van der Waals surface area contributed by atoms with E-state index in [1.165, 1.54) is 25.0 Å². The number of nitrogens with zero attached hydrogens (tertiary/aromatic N) is 1. The molecule has 0 unspecified atom stereocenters. The maximum atomic E-state index is 10.5. The molecule has 1 N–H and O–H groups in total. The number of nitro groups is 1. The first-order valence-electron chi connectivity index (χ1n) is 5.64. The van der Waals surface area contributed by atoms with Crippen molar-refractivity contribution in [2.45, 2.75) is 26.3 Å². The van der Waals surface area contributed by atoms with Crippen molar-refractivity contribution in [3.63, 3.8) is 0 Å². The highest BCUT2D eigenvalue weighted by Gasteiger charge is 2.36. The van der Waals surface area contributed by atoms with Gasteiger partial charge in [-0.05, 0) is 29.9 Å². The predicted octanol–water partition coefficient (Wildman–Crippen LogP) is 3.14. The van der Waals surface area contributed by atoms with Crippen molar-refractivity contribution in [2.24, 2.45) is 5.41 Å². The molecule has 0 atom stereocenters. The molecule has 4 nitrogen and oxygen atoms in total. The van der Waals surface area contributed by atoms with Gasteiger partial charge in [0, 0.05) is 25.2 Å². The molecule has 0 saturated heterocycles. The summed E-state index contributed by atoms with van der Waals surface area (Å²) in [7, 11) is 0. The second-order valence-corrected chi connectivity index (χ2v) is 5.35. The first kappa shape index (κ1) is 12.3.